The fraction of sp³-hybridized carbons (Fsp3) is 0. The fourth-order valence-corrected chi connectivity index (χ4v) is 0. The Bertz CT molecular complexity index is 3.25. The second-order valence-corrected chi connectivity index (χ2v) is 0. The van der Waals surface area contributed by atoms with Crippen LogP contribution in [-0.2, 0) is 73.6 Å². The zero-order valence-electron chi connectivity index (χ0n) is 1.36. The van der Waals surface area contributed by atoms with E-state index in [2.05, 4.69) is 0 Å². The second kappa shape index (κ2) is 18.5. The van der Waals surface area contributed by atoms with E-state index in [1.807, 2.05) is 0 Å². The minimum atomic E-state index is 0. The van der Waals surface area contributed by atoms with Crippen molar-refractivity contribution in [2.45, 2.75) is 0 Å². The van der Waals surface area contributed by atoms with Gasteiger partial charge in [0.2, 0.25) is 0 Å². The maximum absolute atomic E-state index is 0. The summed E-state index contributed by atoms with van der Waals surface area (Å²) in [7, 11) is 0. The van der Waals surface area contributed by atoms with E-state index in [1.54, 1.807) is 0 Å². The van der Waals surface area contributed by atoms with Crippen LogP contribution < -0.4 is 0 Å². The molecule has 0 saturated heterocycles. The molecule has 4 heteroatoms. The van der Waals surface area contributed by atoms with Gasteiger partial charge in [-0.2, -0.15) is 0 Å². The first-order valence-corrected chi connectivity index (χ1v) is 0. The van der Waals surface area contributed by atoms with Crippen LogP contribution in [0.4, 0.5) is 0 Å². The Balaban J connectivity index is 0. The summed E-state index contributed by atoms with van der Waals surface area (Å²) < 4.78 is 0. The van der Waals surface area contributed by atoms with Crippen molar-refractivity contribution in [3.8, 4) is 0 Å². The van der Waals surface area contributed by atoms with Crippen LogP contribution in [-0.4, -0.2) is 0 Å². The van der Waals surface area contributed by atoms with Gasteiger partial charge in [0.05, 0.1) is 0 Å². The average molecular weight is 275 g/mol. The van der Waals surface area contributed by atoms with Gasteiger partial charge in [0.1, 0.15) is 0 Å². The number of hydrogen-bond donors (Lipinski definition) is 0. The third-order valence-corrected chi connectivity index (χ3v) is 0. The Hall–Kier alpha value is 2.30. The van der Waals surface area contributed by atoms with Crippen molar-refractivity contribution in [1.29, 1.82) is 0 Å². The van der Waals surface area contributed by atoms with Gasteiger partial charge in [-0.1, -0.05) is 0 Å². The van der Waals surface area contributed by atoms with E-state index in [1.165, 1.54) is 0 Å². The van der Waals surface area contributed by atoms with Gasteiger partial charge in [-0.05, 0) is 0 Å². The number of rotatable bonds is 0. The van der Waals surface area contributed by atoms with Gasteiger partial charge in [-0.25, -0.2) is 0 Å². The molecule has 0 unspecified atom stereocenters. The average Bonchev–Trinajstić information content (AvgIpc) is 0. The van der Waals surface area contributed by atoms with E-state index in [0.717, 1.165) is 0 Å². The van der Waals surface area contributed by atoms with E-state index >= 15 is 0 Å². The van der Waals surface area contributed by atoms with Crippen LogP contribution in [0.1, 0.15) is 0 Å². The zero-order chi connectivity index (χ0) is 0. The molecule has 0 spiro atoms. The summed E-state index contributed by atoms with van der Waals surface area (Å²) in [5, 5.41) is 0. The maximum Gasteiger partial charge on any atom is 0 e. The molecular formula is AgFe3. The molecule has 0 aliphatic rings. The molecule has 4 heavy (non-hydrogen) atoms. The molecule has 0 nitrogen and oxygen atoms in total. The Morgan fingerprint density at radius 2 is 0.500 bits per heavy atom. The van der Waals surface area contributed by atoms with Crippen LogP contribution in [0.5, 0.6) is 0 Å². The van der Waals surface area contributed by atoms with Gasteiger partial charge in [0, 0.05) is 73.6 Å². The number of hydrogen-bond acceptors (Lipinski definition) is 0. The molecule has 0 N–H and O–H groups in total. The van der Waals surface area contributed by atoms with Crippen LogP contribution in [0, 0.1) is 0 Å². The van der Waals surface area contributed by atoms with Gasteiger partial charge < -0.3 is 0 Å². The molecule has 1 radical (unpaired) electrons. The topological polar surface area (TPSA) is 0 Å². The molecule has 0 bridgehead atoms. The van der Waals surface area contributed by atoms with Gasteiger partial charge in [0.15, 0.2) is 0 Å². The Morgan fingerprint density at radius 1 is 0.500 bits per heavy atom. The van der Waals surface area contributed by atoms with Crippen LogP contribution in [0.15, 0.2) is 0 Å². The quantitative estimate of drug-likeness (QED) is 0.546. The maximum atomic E-state index is 0. The summed E-state index contributed by atoms with van der Waals surface area (Å²) in [5.41, 5.74) is 0. The van der Waals surface area contributed by atoms with Crippen LogP contribution in [0.2, 0.25) is 0 Å². The second-order valence-electron chi connectivity index (χ2n) is 0. The Kier molecular flexibility index (Phi) is 155. The first kappa shape index (κ1) is 33.5. The predicted octanol–water partition coefficient (Wildman–Crippen LogP) is -0.0100. The molecule has 0 aliphatic heterocycles. The first-order valence-electron chi connectivity index (χ1n) is 0. The minimum absolute atomic E-state index is 0. The van der Waals surface area contributed by atoms with E-state index in [-0.39, 0.29) is 73.6 Å². The van der Waals surface area contributed by atoms with Gasteiger partial charge in [-0.3, -0.25) is 0 Å². The Labute approximate surface area is 72.8 Å². The molecule has 0 fully saturated rings. The summed E-state index contributed by atoms with van der Waals surface area (Å²) in [6.07, 6.45) is 0. The van der Waals surface area contributed by atoms with Crippen molar-refractivity contribution in [2.24, 2.45) is 0 Å². The molecule has 0 aromatic carbocycles. The van der Waals surface area contributed by atoms with Gasteiger partial charge in [0.25, 0.3) is 0 Å². The van der Waals surface area contributed by atoms with Crippen molar-refractivity contribution in [3.63, 3.8) is 0 Å². The summed E-state index contributed by atoms with van der Waals surface area (Å²) in [6, 6.07) is 0. The van der Waals surface area contributed by atoms with Gasteiger partial charge in [-0.15, -0.1) is 0 Å². The van der Waals surface area contributed by atoms with Crippen LogP contribution >= 0.6 is 0 Å². The predicted molar refractivity (Wildman–Crippen MR) is 0 cm³/mol. The fourth-order valence-electron chi connectivity index (χ4n) is 0. The van der Waals surface area contributed by atoms with Crippen molar-refractivity contribution >= 4 is 0 Å². The molecule has 0 atom stereocenters. The van der Waals surface area contributed by atoms with Crippen LogP contribution in [0.25, 0.3) is 0 Å². The summed E-state index contributed by atoms with van der Waals surface area (Å²) >= 11 is 0. The summed E-state index contributed by atoms with van der Waals surface area (Å²) in [5.74, 6) is 0. The molecule has 35 valence electrons. The largest absolute Gasteiger partial charge is 0 e. The van der Waals surface area contributed by atoms with Crippen LogP contribution in [0.3, 0.4) is 0 Å². The van der Waals surface area contributed by atoms with E-state index < -0.39 is 0 Å². The normalized spacial score (nSPS) is 0. The third-order valence-electron chi connectivity index (χ3n) is 0. The van der Waals surface area contributed by atoms with E-state index in [9.17, 15) is 0 Å². The molecule has 0 aliphatic carbocycles. The molecule has 0 rings (SSSR count). The minimum Gasteiger partial charge on any atom is 0 e. The standard InChI is InChI=1S/Ag.3Fe. The van der Waals surface area contributed by atoms with E-state index in [4.69, 9.17) is 0 Å². The molecular weight excluding hydrogens is 275 g/mol. The molecule has 0 aromatic rings. The molecule has 0 heterocycles. The summed E-state index contributed by atoms with van der Waals surface area (Å²) in [4.78, 5) is 0. The van der Waals surface area contributed by atoms with Crippen molar-refractivity contribution < 1.29 is 73.6 Å². The van der Waals surface area contributed by atoms with Crippen molar-refractivity contribution in [1.82, 2.24) is 0 Å². The SMILES string of the molecule is [Ag].[Fe].[Fe].[Fe]. The summed E-state index contributed by atoms with van der Waals surface area (Å²) in [6.45, 7) is 0. The van der Waals surface area contributed by atoms with Crippen molar-refractivity contribution in [3.05, 3.63) is 0 Å². The monoisotopic (exact) mass is 275 g/mol. The molecule has 0 amide bonds. The van der Waals surface area contributed by atoms with Crippen molar-refractivity contribution in [2.75, 3.05) is 0 Å². The van der Waals surface area contributed by atoms with Gasteiger partial charge >= 0.3 is 0 Å². The third kappa shape index (κ3) is 8.85. The smallest absolute Gasteiger partial charge is 0 e. The molecule has 0 aromatic heterocycles. The Morgan fingerprint density at radius 3 is 0.500 bits per heavy atom. The first-order chi connectivity index (χ1) is 0. The van der Waals surface area contributed by atoms with E-state index in [0.29, 0.717) is 0 Å². The molecule has 0 saturated carbocycles. The zero-order valence-corrected chi connectivity index (χ0v) is 6.16.